The molecule has 0 radical (unpaired) electrons. The highest BCUT2D eigenvalue weighted by Crippen LogP contribution is 2.41. The van der Waals surface area contributed by atoms with E-state index >= 15 is 8.63 Å². The van der Waals surface area contributed by atoms with Gasteiger partial charge in [-0.25, -0.2) is 4.98 Å². The number of fused-ring (bicyclic) bond motifs is 3. The zero-order valence-corrected chi connectivity index (χ0v) is 18.5. The normalized spacial score (nSPS) is 13.6. The lowest BCUT2D eigenvalue weighted by Crippen LogP contribution is -2.60. The minimum absolute atomic E-state index is 0.286. The highest BCUT2D eigenvalue weighted by Gasteiger charge is 2.54. The fraction of sp³-hybridized carbons (Fsp3) is 0.167. The topological polar surface area (TPSA) is 28.2 Å². The number of pyridine rings is 1. The second-order valence-corrected chi connectivity index (χ2v) is 8.47. The van der Waals surface area contributed by atoms with E-state index in [9.17, 15) is 0 Å². The first-order chi connectivity index (χ1) is 15.3. The molecule has 0 bridgehead atoms. The van der Waals surface area contributed by atoms with Gasteiger partial charge in [0.25, 0.3) is 0 Å². The number of halogens is 2. The van der Waals surface area contributed by atoms with Crippen LogP contribution in [-0.4, -0.2) is 44.6 Å². The second-order valence-electron chi connectivity index (χ2n) is 8.47. The molecular formula is C24H24BF2N5. The molecule has 0 spiro atoms. The molecule has 0 saturated carbocycles. The van der Waals surface area contributed by atoms with Gasteiger partial charge in [0.15, 0.2) is 11.5 Å². The molecule has 5 rings (SSSR count). The molecule has 0 saturated heterocycles. The van der Waals surface area contributed by atoms with Crippen molar-refractivity contribution in [2.75, 3.05) is 38.0 Å². The SMILES string of the molecule is CN(C)c1ccc(-c2nc3n(c2-c2ccc(N(C)C)cc2)[B-](F)(F)[n+]2ccccc2-3)cc1. The standard InChI is InChI=1S/C24H24BF2N5/c1-29(2)19-12-8-17(9-13-19)22-23(18-10-14-20(15-11-18)30(3)4)32-24(28-22)21-7-5-6-16-31(21)25(32,26)27/h5-16H,1-4H3. The summed E-state index contributed by atoms with van der Waals surface area (Å²) in [4.78, 5) is 8.74. The Balaban J connectivity index is 1.76. The third-order valence-electron chi connectivity index (χ3n) is 5.99. The summed E-state index contributed by atoms with van der Waals surface area (Å²) in [5, 5.41) is 0. The Kier molecular flexibility index (Phi) is 4.55. The minimum Gasteiger partial charge on any atom is -0.389 e. The van der Waals surface area contributed by atoms with Gasteiger partial charge in [-0.15, -0.1) is 0 Å². The van der Waals surface area contributed by atoms with Crippen molar-refractivity contribution in [2.45, 2.75) is 0 Å². The summed E-state index contributed by atoms with van der Waals surface area (Å²) in [7, 11) is 7.84. The Labute approximate surface area is 186 Å². The van der Waals surface area contributed by atoms with Crippen LogP contribution in [0.3, 0.4) is 0 Å². The number of rotatable bonds is 4. The number of hydrogen-bond donors (Lipinski definition) is 0. The summed E-state index contributed by atoms with van der Waals surface area (Å²) in [5.41, 5.74) is 4.94. The Morgan fingerprint density at radius 2 is 1.34 bits per heavy atom. The first-order valence-corrected chi connectivity index (χ1v) is 10.5. The lowest BCUT2D eigenvalue weighted by molar-refractivity contribution is -0.551. The molecule has 2 aromatic heterocycles. The summed E-state index contributed by atoms with van der Waals surface area (Å²) in [6, 6.07) is 20.6. The van der Waals surface area contributed by atoms with E-state index in [0.29, 0.717) is 22.6 Å². The maximum atomic E-state index is 15.7. The third kappa shape index (κ3) is 2.98. The zero-order valence-electron chi connectivity index (χ0n) is 18.5. The summed E-state index contributed by atoms with van der Waals surface area (Å²) in [6.45, 7) is -4.06. The van der Waals surface area contributed by atoms with Gasteiger partial charge in [0, 0.05) is 56.9 Å². The van der Waals surface area contributed by atoms with Gasteiger partial charge in [0.05, 0.1) is 5.69 Å². The molecule has 0 amide bonds. The Hall–Kier alpha value is -3.68. The van der Waals surface area contributed by atoms with Crippen molar-refractivity contribution in [2.24, 2.45) is 0 Å². The van der Waals surface area contributed by atoms with Gasteiger partial charge in [-0.3, -0.25) is 0 Å². The molecule has 1 aliphatic heterocycles. The van der Waals surface area contributed by atoms with Gasteiger partial charge >= 0.3 is 6.97 Å². The van der Waals surface area contributed by atoms with Gasteiger partial charge in [0.2, 0.25) is 0 Å². The number of imidazole rings is 1. The van der Waals surface area contributed by atoms with Crippen molar-refractivity contribution in [1.82, 2.24) is 9.46 Å². The molecule has 32 heavy (non-hydrogen) atoms. The largest absolute Gasteiger partial charge is 0.738 e. The molecule has 2 aromatic carbocycles. The van der Waals surface area contributed by atoms with Crippen molar-refractivity contribution in [1.29, 1.82) is 0 Å². The van der Waals surface area contributed by atoms with Gasteiger partial charge in [-0.05, 0) is 42.0 Å². The van der Waals surface area contributed by atoms with E-state index in [4.69, 9.17) is 4.98 Å². The Morgan fingerprint density at radius 1 is 0.781 bits per heavy atom. The molecule has 0 atom stereocenters. The Morgan fingerprint density at radius 3 is 1.91 bits per heavy atom. The summed E-state index contributed by atoms with van der Waals surface area (Å²) in [5.74, 6) is 0.286. The number of hydrogen-bond acceptors (Lipinski definition) is 3. The third-order valence-corrected chi connectivity index (χ3v) is 5.99. The van der Waals surface area contributed by atoms with Crippen molar-refractivity contribution in [3.8, 4) is 34.0 Å². The van der Waals surface area contributed by atoms with E-state index in [0.717, 1.165) is 25.9 Å². The van der Waals surface area contributed by atoms with E-state index in [2.05, 4.69) is 0 Å². The molecule has 0 aliphatic carbocycles. The van der Waals surface area contributed by atoms with Crippen LogP contribution < -0.4 is 14.3 Å². The molecule has 8 heteroatoms. The van der Waals surface area contributed by atoms with Crippen LogP contribution in [0.4, 0.5) is 20.0 Å². The monoisotopic (exact) mass is 431 g/mol. The summed E-state index contributed by atoms with van der Waals surface area (Å²) >= 11 is 0. The average molecular weight is 431 g/mol. The predicted molar refractivity (Wildman–Crippen MR) is 126 cm³/mol. The molecular weight excluding hydrogens is 407 g/mol. The smallest absolute Gasteiger partial charge is 0.389 e. The van der Waals surface area contributed by atoms with Crippen molar-refractivity contribution in [3.63, 3.8) is 0 Å². The quantitative estimate of drug-likeness (QED) is 0.449. The van der Waals surface area contributed by atoms with E-state index in [-0.39, 0.29) is 5.82 Å². The lowest BCUT2D eigenvalue weighted by Gasteiger charge is -2.19. The van der Waals surface area contributed by atoms with Crippen molar-refractivity contribution in [3.05, 3.63) is 72.9 Å². The summed E-state index contributed by atoms with van der Waals surface area (Å²) in [6.07, 6.45) is 1.43. The molecule has 0 fully saturated rings. The minimum atomic E-state index is -4.06. The van der Waals surface area contributed by atoms with E-state index in [1.807, 2.05) is 86.5 Å². The van der Waals surface area contributed by atoms with Crippen LogP contribution in [0.25, 0.3) is 34.0 Å². The maximum absolute atomic E-state index is 15.7. The molecule has 1 aliphatic rings. The zero-order chi connectivity index (χ0) is 22.6. The summed E-state index contributed by atoms with van der Waals surface area (Å²) < 4.78 is 33.6. The van der Waals surface area contributed by atoms with Crippen LogP contribution in [0.15, 0.2) is 72.9 Å². The fourth-order valence-electron chi connectivity index (χ4n) is 4.27. The highest BCUT2D eigenvalue weighted by atomic mass is 19.2. The van der Waals surface area contributed by atoms with Crippen LogP contribution in [0.1, 0.15) is 0 Å². The van der Waals surface area contributed by atoms with Gasteiger partial charge in [-0.2, -0.15) is 0 Å². The van der Waals surface area contributed by atoms with E-state index < -0.39 is 6.97 Å². The van der Waals surface area contributed by atoms with Crippen LogP contribution in [0.5, 0.6) is 0 Å². The van der Waals surface area contributed by atoms with Gasteiger partial charge in [-0.1, -0.05) is 24.3 Å². The molecule has 5 nitrogen and oxygen atoms in total. The number of nitrogens with zero attached hydrogens (tertiary/aromatic N) is 5. The number of benzene rings is 2. The average Bonchev–Trinajstić information content (AvgIpc) is 3.29. The van der Waals surface area contributed by atoms with E-state index in [1.165, 1.54) is 6.20 Å². The van der Waals surface area contributed by atoms with Gasteiger partial charge in [0.1, 0.15) is 6.20 Å². The number of aromatic nitrogens is 3. The maximum Gasteiger partial charge on any atom is 0.738 e. The predicted octanol–water partition coefficient (Wildman–Crippen LogP) is 4.39. The van der Waals surface area contributed by atoms with Crippen LogP contribution in [0, 0.1) is 0 Å². The first-order valence-electron chi connectivity index (χ1n) is 10.5. The molecule has 162 valence electrons. The molecule has 0 N–H and O–H groups in total. The fourth-order valence-corrected chi connectivity index (χ4v) is 4.27. The van der Waals surface area contributed by atoms with Crippen molar-refractivity contribution < 1.29 is 13.1 Å². The molecule has 4 aromatic rings. The molecule has 3 heterocycles. The second kappa shape index (κ2) is 7.19. The first kappa shape index (κ1) is 20.2. The van der Waals surface area contributed by atoms with Crippen molar-refractivity contribution >= 4 is 18.3 Å². The van der Waals surface area contributed by atoms with Gasteiger partial charge < -0.3 is 27.4 Å². The lowest BCUT2D eigenvalue weighted by atomic mass is 9.94. The Bertz CT molecular complexity index is 1300. The highest BCUT2D eigenvalue weighted by molar-refractivity contribution is 6.57. The van der Waals surface area contributed by atoms with E-state index in [1.54, 1.807) is 18.2 Å². The van der Waals surface area contributed by atoms with Crippen LogP contribution in [0.2, 0.25) is 0 Å². The van der Waals surface area contributed by atoms with Crippen LogP contribution >= 0.6 is 0 Å². The van der Waals surface area contributed by atoms with Crippen LogP contribution in [-0.2, 0) is 0 Å². The molecule has 0 unspecified atom stereocenters. The number of anilines is 2.